The number of hydrogen-bond acceptors (Lipinski definition) is 1. The molecule has 1 N–H and O–H groups in total. The van der Waals surface area contributed by atoms with Crippen molar-refractivity contribution in [3.05, 3.63) is 33.8 Å². The third-order valence-electron chi connectivity index (χ3n) is 3.31. The van der Waals surface area contributed by atoms with Gasteiger partial charge in [-0.05, 0) is 42.4 Å². The maximum Gasteiger partial charge on any atom is 0.416 e. The number of halogens is 4. The van der Waals surface area contributed by atoms with Crippen molar-refractivity contribution in [2.24, 2.45) is 5.92 Å². The van der Waals surface area contributed by atoms with E-state index in [2.05, 4.69) is 15.9 Å². The van der Waals surface area contributed by atoms with E-state index in [1.54, 1.807) is 0 Å². The van der Waals surface area contributed by atoms with Crippen LogP contribution >= 0.6 is 15.9 Å². The van der Waals surface area contributed by atoms with Gasteiger partial charge in [-0.3, -0.25) is 4.79 Å². The molecule has 6 heteroatoms. The predicted octanol–water partition coefficient (Wildman–Crippen LogP) is 4.44. The zero-order chi connectivity index (χ0) is 14.2. The molecule has 0 saturated heterocycles. The van der Waals surface area contributed by atoms with Crippen molar-refractivity contribution >= 4 is 21.9 Å². The number of carboxylic acid groups (broad SMARTS) is 1. The van der Waals surface area contributed by atoms with Crippen LogP contribution in [0.4, 0.5) is 13.2 Å². The van der Waals surface area contributed by atoms with E-state index in [1.807, 2.05) is 0 Å². The molecule has 2 rings (SSSR count). The highest BCUT2D eigenvalue weighted by molar-refractivity contribution is 9.10. The van der Waals surface area contributed by atoms with Crippen LogP contribution in [0.25, 0.3) is 0 Å². The smallest absolute Gasteiger partial charge is 0.416 e. The predicted molar refractivity (Wildman–Crippen MR) is 66.9 cm³/mol. The summed E-state index contributed by atoms with van der Waals surface area (Å²) in [5.41, 5.74) is -0.638. The summed E-state index contributed by atoms with van der Waals surface area (Å²) in [5.74, 6) is -1.56. The molecule has 1 aliphatic rings. The molecule has 1 aliphatic carbocycles. The molecular formula is C13H12BrF3O2. The molecule has 1 saturated carbocycles. The Kier molecular flexibility index (Phi) is 3.90. The Hall–Kier alpha value is -1.04. The molecule has 1 aromatic rings. The molecule has 1 atom stereocenters. The molecule has 0 heterocycles. The summed E-state index contributed by atoms with van der Waals surface area (Å²) in [4.78, 5) is 10.9. The van der Waals surface area contributed by atoms with Crippen LogP contribution in [0.3, 0.4) is 0 Å². The van der Waals surface area contributed by atoms with Gasteiger partial charge >= 0.3 is 12.1 Å². The first kappa shape index (κ1) is 14.4. The largest absolute Gasteiger partial charge is 0.481 e. The first-order valence-corrected chi connectivity index (χ1v) is 6.66. The van der Waals surface area contributed by atoms with Crippen LogP contribution < -0.4 is 0 Å². The second-order valence-corrected chi connectivity index (χ2v) is 5.69. The van der Waals surface area contributed by atoms with Crippen molar-refractivity contribution in [1.82, 2.24) is 0 Å². The lowest BCUT2D eigenvalue weighted by Crippen LogP contribution is -2.15. The summed E-state index contributed by atoms with van der Waals surface area (Å²) < 4.78 is 39.5. The number of hydrogen-bond donors (Lipinski definition) is 1. The van der Waals surface area contributed by atoms with Crippen LogP contribution in [0.2, 0.25) is 0 Å². The normalized spacial score (nSPS) is 17.3. The SMILES string of the molecule is O=C(O)CC(c1ccc(Br)cc1C(F)(F)F)C1CC1. The molecule has 19 heavy (non-hydrogen) atoms. The number of rotatable bonds is 4. The molecule has 0 spiro atoms. The number of carbonyl (C=O) groups is 1. The van der Waals surface area contributed by atoms with Crippen molar-refractivity contribution < 1.29 is 23.1 Å². The van der Waals surface area contributed by atoms with E-state index in [1.165, 1.54) is 12.1 Å². The maximum atomic E-state index is 13.0. The van der Waals surface area contributed by atoms with Crippen LogP contribution in [-0.4, -0.2) is 11.1 Å². The molecule has 1 fully saturated rings. The van der Waals surface area contributed by atoms with E-state index in [0.717, 1.165) is 18.9 Å². The molecule has 0 bridgehead atoms. The van der Waals surface area contributed by atoms with E-state index >= 15 is 0 Å². The number of benzene rings is 1. The first-order chi connectivity index (χ1) is 8.79. The number of alkyl halides is 3. The van der Waals surface area contributed by atoms with Gasteiger partial charge in [0.05, 0.1) is 12.0 Å². The highest BCUT2D eigenvalue weighted by Crippen LogP contribution is 2.48. The summed E-state index contributed by atoms with van der Waals surface area (Å²) in [6.07, 6.45) is -3.13. The highest BCUT2D eigenvalue weighted by Gasteiger charge is 2.40. The van der Waals surface area contributed by atoms with E-state index < -0.39 is 23.6 Å². The summed E-state index contributed by atoms with van der Waals surface area (Å²) in [6, 6.07) is 3.94. The summed E-state index contributed by atoms with van der Waals surface area (Å²) in [6.45, 7) is 0. The summed E-state index contributed by atoms with van der Waals surface area (Å²) in [7, 11) is 0. The minimum Gasteiger partial charge on any atom is -0.481 e. The van der Waals surface area contributed by atoms with Crippen LogP contribution in [0.1, 0.15) is 36.3 Å². The lowest BCUT2D eigenvalue weighted by Gasteiger charge is -2.20. The quantitative estimate of drug-likeness (QED) is 0.882. The third-order valence-corrected chi connectivity index (χ3v) is 3.80. The van der Waals surface area contributed by atoms with Gasteiger partial charge in [0.15, 0.2) is 0 Å². The molecule has 1 aromatic carbocycles. The minimum absolute atomic E-state index is 0.0541. The Labute approximate surface area is 116 Å². The molecule has 0 aliphatic heterocycles. The maximum absolute atomic E-state index is 13.0. The van der Waals surface area contributed by atoms with Gasteiger partial charge in [-0.2, -0.15) is 13.2 Å². The van der Waals surface area contributed by atoms with Crippen molar-refractivity contribution in [3.63, 3.8) is 0 Å². The summed E-state index contributed by atoms with van der Waals surface area (Å²) >= 11 is 3.03. The van der Waals surface area contributed by atoms with Gasteiger partial charge in [0.25, 0.3) is 0 Å². The van der Waals surface area contributed by atoms with Crippen molar-refractivity contribution in [2.75, 3.05) is 0 Å². The Morgan fingerprint density at radius 1 is 1.42 bits per heavy atom. The monoisotopic (exact) mass is 336 g/mol. The molecular weight excluding hydrogens is 325 g/mol. The molecule has 0 radical (unpaired) electrons. The van der Waals surface area contributed by atoms with Gasteiger partial charge in [0, 0.05) is 4.47 Å². The van der Waals surface area contributed by atoms with Crippen LogP contribution in [0.5, 0.6) is 0 Å². The molecule has 0 aromatic heterocycles. The van der Waals surface area contributed by atoms with Crippen molar-refractivity contribution in [1.29, 1.82) is 0 Å². The molecule has 2 nitrogen and oxygen atoms in total. The lowest BCUT2D eigenvalue weighted by atomic mass is 9.87. The summed E-state index contributed by atoms with van der Waals surface area (Å²) in [5, 5.41) is 8.88. The minimum atomic E-state index is -4.47. The van der Waals surface area contributed by atoms with Gasteiger partial charge < -0.3 is 5.11 Å². The topological polar surface area (TPSA) is 37.3 Å². The lowest BCUT2D eigenvalue weighted by molar-refractivity contribution is -0.140. The Bertz CT molecular complexity index is 495. The van der Waals surface area contributed by atoms with Crippen LogP contribution in [-0.2, 0) is 11.0 Å². The van der Waals surface area contributed by atoms with E-state index in [9.17, 15) is 18.0 Å². The second-order valence-electron chi connectivity index (χ2n) is 4.77. The molecule has 0 amide bonds. The van der Waals surface area contributed by atoms with E-state index in [4.69, 9.17) is 5.11 Å². The number of aliphatic carboxylic acids is 1. The Balaban J connectivity index is 2.44. The standard InChI is InChI=1S/C13H12BrF3O2/c14-8-3-4-9(11(5-8)13(15,16)17)10(6-12(18)19)7-1-2-7/h3-5,7,10H,1-2,6H2,(H,18,19). The highest BCUT2D eigenvalue weighted by atomic mass is 79.9. The average molecular weight is 337 g/mol. The van der Waals surface area contributed by atoms with Gasteiger partial charge in [-0.1, -0.05) is 22.0 Å². The number of carboxylic acids is 1. The third kappa shape index (κ3) is 3.49. The van der Waals surface area contributed by atoms with E-state index in [0.29, 0.717) is 4.47 Å². The fourth-order valence-corrected chi connectivity index (χ4v) is 2.68. The van der Waals surface area contributed by atoms with Gasteiger partial charge in [0.2, 0.25) is 0 Å². The van der Waals surface area contributed by atoms with Gasteiger partial charge in [0.1, 0.15) is 0 Å². The van der Waals surface area contributed by atoms with E-state index in [-0.39, 0.29) is 17.9 Å². The van der Waals surface area contributed by atoms with Crippen LogP contribution in [0.15, 0.2) is 22.7 Å². The first-order valence-electron chi connectivity index (χ1n) is 5.87. The molecule has 104 valence electrons. The fraction of sp³-hybridized carbons (Fsp3) is 0.462. The van der Waals surface area contributed by atoms with Gasteiger partial charge in [-0.25, -0.2) is 0 Å². The van der Waals surface area contributed by atoms with Crippen molar-refractivity contribution in [2.45, 2.75) is 31.4 Å². The zero-order valence-electron chi connectivity index (χ0n) is 9.88. The Morgan fingerprint density at radius 2 is 2.05 bits per heavy atom. The fourth-order valence-electron chi connectivity index (χ4n) is 2.31. The van der Waals surface area contributed by atoms with Crippen molar-refractivity contribution in [3.8, 4) is 0 Å². The van der Waals surface area contributed by atoms with Gasteiger partial charge in [-0.15, -0.1) is 0 Å². The zero-order valence-corrected chi connectivity index (χ0v) is 11.5. The second kappa shape index (κ2) is 5.15. The average Bonchev–Trinajstić information content (AvgIpc) is 3.08. The molecule has 1 unspecified atom stereocenters. The van der Waals surface area contributed by atoms with Crippen LogP contribution in [0, 0.1) is 5.92 Å². The Morgan fingerprint density at radius 3 is 2.53 bits per heavy atom.